The van der Waals surface area contributed by atoms with Crippen molar-refractivity contribution in [2.24, 2.45) is 0 Å². The van der Waals surface area contributed by atoms with Gasteiger partial charge in [0.2, 0.25) is 11.8 Å². The number of hydrogen-bond acceptors (Lipinski definition) is 7. The fourth-order valence-corrected chi connectivity index (χ4v) is 4.16. The molecule has 2 heterocycles. The molecule has 8 nitrogen and oxygen atoms in total. The summed E-state index contributed by atoms with van der Waals surface area (Å²) >= 11 is 1.31. The van der Waals surface area contributed by atoms with Gasteiger partial charge in [0.1, 0.15) is 5.75 Å². The van der Waals surface area contributed by atoms with Gasteiger partial charge in [-0.05, 0) is 48.7 Å². The Kier molecular flexibility index (Phi) is 6.79. The van der Waals surface area contributed by atoms with Gasteiger partial charge in [0.25, 0.3) is 0 Å². The van der Waals surface area contributed by atoms with Crippen LogP contribution in [0.3, 0.4) is 0 Å². The molecule has 2 aromatic heterocycles. The number of amides is 1. The summed E-state index contributed by atoms with van der Waals surface area (Å²) in [5.41, 5.74) is 3.75. The molecular formula is C24H25N5O3S. The maximum absolute atomic E-state index is 12.5. The van der Waals surface area contributed by atoms with Crippen LogP contribution >= 0.6 is 11.8 Å². The van der Waals surface area contributed by atoms with Gasteiger partial charge in [-0.15, -0.1) is 10.2 Å². The Bertz CT molecular complexity index is 1250. The number of para-hydroxylation sites is 1. The van der Waals surface area contributed by atoms with E-state index >= 15 is 0 Å². The van der Waals surface area contributed by atoms with Crippen LogP contribution in [0.1, 0.15) is 31.0 Å². The topological polar surface area (TPSA) is 95.1 Å². The van der Waals surface area contributed by atoms with Crippen molar-refractivity contribution in [3.8, 4) is 22.8 Å². The molecule has 2 aromatic carbocycles. The summed E-state index contributed by atoms with van der Waals surface area (Å²) in [6, 6.07) is 17.5. The summed E-state index contributed by atoms with van der Waals surface area (Å²) in [5.74, 6) is 2.01. The lowest BCUT2D eigenvalue weighted by molar-refractivity contribution is -0.113. The fraction of sp³-hybridized carbons (Fsp3) is 0.250. The number of hydrogen-bond donors (Lipinski definition) is 1. The molecule has 0 fully saturated rings. The van der Waals surface area contributed by atoms with Gasteiger partial charge < -0.3 is 9.26 Å². The van der Waals surface area contributed by atoms with E-state index in [9.17, 15) is 4.79 Å². The van der Waals surface area contributed by atoms with E-state index in [0.717, 1.165) is 22.6 Å². The Morgan fingerprint density at radius 1 is 1.15 bits per heavy atom. The van der Waals surface area contributed by atoms with Crippen molar-refractivity contribution < 1.29 is 14.1 Å². The van der Waals surface area contributed by atoms with Gasteiger partial charge in [-0.2, -0.15) is 0 Å². The summed E-state index contributed by atoms with van der Waals surface area (Å²) in [4.78, 5) is 12.5. The van der Waals surface area contributed by atoms with E-state index < -0.39 is 0 Å². The highest BCUT2D eigenvalue weighted by Crippen LogP contribution is 2.32. The number of benzene rings is 2. The summed E-state index contributed by atoms with van der Waals surface area (Å²) in [6.07, 6.45) is 0. The SMILES string of the molecule is COc1ccc(-c2nnc(SCC(=O)Nc3cc(C)no3)n2-c2ccccc2C(C)C)cc1. The molecule has 0 radical (unpaired) electrons. The van der Waals surface area contributed by atoms with Crippen LogP contribution < -0.4 is 10.1 Å². The van der Waals surface area contributed by atoms with Crippen LogP contribution in [0.4, 0.5) is 5.88 Å². The lowest BCUT2D eigenvalue weighted by Crippen LogP contribution is -2.14. The molecule has 0 saturated heterocycles. The van der Waals surface area contributed by atoms with Gasteiger partial charge in [0.15, 0.2) is 11.0 Å². The molecule has 170 valence electrons. The number of carbonyl (C=O) groups is 1. The summed E-state index contributed by atoms with van der Waals surface area (Å²) < 4.78 is 12.4. The quantitative estimate of drug-likeness (QED) is 0.364. The van der Waals surface area contributed by atoms with Gasteiger partial charge in [-0.1, -0.05) is 49.0 Å². The minimum absolute atomic E-state index is 0.143. The minimum Gasteiger partial charge on any atom is -0.497 e. The standard InChI is InChI=1S/C24H25N5O3S/c1-15(2)19-7-5-6-8-20(19)29-23(17-9-11-18(31-4)12-10-17)26-27-24(29)33-14-21(30)25-22-13-16(3)28-32-22/h5-13,15H,14H2,1-4H3,(H,25,30). The summed E-state index contributed by atoms with van der Waals surface area (Å²) in [7, 11) is 1.64. The molecule has 4 rings (SSSR count). The molecule has 0 unspecified atom stereocenters. The predicted molar refractivity (Wildman–Crippen MR) is 128 cm³/mol. The third-order valence-corrected chi connectivity index (χ3v) is 5.93. The minimum atomic E-state index is -0.214. The number of ether oxygens (including phenoxy) is 1. The highest BCUT2D eigenvalue weighted by atomic mass is 32.2. The summed E-state index contributed by atoms with van der Waals surface area (Å²) in [6.45, 7) is 6.09. The van der Waals surface area contributed by atoms with Gasteiger partial charge >= 0.3 is 0 Å². The van der Waals surface area contributed by atoms with E-state index in [-0.39, 0.29) is 11.7 Å². The normalized spacial score (nSPS) is 11.1. The van der Waals surface area contributed by atoms with Crippen molar-refractivity contribution in [3.63, 3.8) is 0 Å². The first kappa shape index (κ1) is 22.6. The molecule has 4 aromatic rings. The molecule has 0 aliphatic rings. The van der Waals surface area contributed by atoms with Gasteiger partial charge in [-0.3, -0.25) is 14.7 Å². The van der Waals surface area contributed by atoms with Crippen LogP contribution in [0.15, 0.2) is 64.3 Å². The number of rotatable bonds is 8. The highest BCUT2D eigenvalue weighted by molar-refractivity contribution is 7.99. The van der Waals surface area contributed by atoms with E-state index in [2.05, 4.69) is 40.6 Å². The molecule has 33 heavy (non-hydrogen) atoms. The molecule has 0 bridgehead atoms. The van der Waals surface area contributed by atoms with E-state index in [1.807, 2.05) is 47.0 Å². The fourth-order valence-electron chi connectivity index (χ4n) is 3.41. The molecule has 0 spiro atoms. The van der Waals surface area contributed by atoms with Crippen LogP contribution in [-0.2, 0) is 4.79 Å². The molecule has 0 aliphatic carbocycles. The van der Waals surface area contributed by atoms with Crippen molar-refractivity contribution in [2.75, 3.05) is 18.2 Å². The van der Waals surface area contributed by atoms with Crippen molar-refractivity contribution in [1.82, 2.24) is 19.9 Å². The molecular weight excluding hydrogens is 438 g/mol. The average molecular weight is 464 g/mol. The molecule has 1 amide bonds. The van der Waals surface area contributed by atoms with Crippen LogP contribution in [0.2, 0.25) is 0 Å². The molecule has 0 atom stereocenters. The largest absolute Gasteiger partial charge is 0.497 e. The van der Waals surface area contributed by atoms with Crippen LogP contribution in [-0.4, -0.2) is 38.7 Å². The van der Waals surface area contributed by atoms with Gasteiger partial charge in [0, 0.05) is 11.6 Å². The Morgan fingerprint density at radius 3 is 2.58 bits per heavy atom. The van der Waals surface area contributed by atoms with Crippen molar-refractivity contribution >= 4 is 23.6 Å². The molecule has 0 saturated carbocycles. The highest BCUT2D eigenvalue weighted by Gasteiger charge is 2.20. The molecule has 9 heteroatoms. The zero-order valence-electron chi connectivity index (χ0n) is 18.9. The average Bonchev–Trinajstić information content (AvgIpc) is 3.43. The first-order valence-corrected chi connectivity index (χ1v) is 11.5. The Hall–Kier alpha value is -3.59. The van der Waals surface area contributed by atoms with E-state index in [0.29, 0.717) is 28.5 Å². The van der Waals surface area contributed by atoms with Gasteiger partial charge in [-0.25, -0.2) is 0 Å². The second kappa shape index (κ2) is 9.91. The van der Waals surface area contributed by atoms with Gasteiger partial charge in [0.05, 0.1) is 24.2 Å². The van der Waals surface area contributed by atoms with Crippen LogP contribution in [0.25, 0.3) is 17.1 Å². The number of aryl methyl sites for hydroxylation is 1. The van der Waals surface area contributed by atoms with E-state index in [1.165, 1.54) is 11.8 Å². The first-order valence-electron chi connectivity index (χ1n) is 10.5. The monoisotopic (exact) mass is 463 g/mol. The molecule has 1 N–H and O–H groups in total. The van der Waals surface area contributed by atoms with Crippen LogP contribution in [0, 0.1) is 6.92 Å². The number of thioether (sulfide) groups is 1. The van der Waals surface area contributed by atoms with Crippen molar-refractivity contribution in [3.05, 3.63) is 65.9 Å². The van der Waals surface area contributed by atoms with Crippen LogP contribution in [0.5, 0.6) is 5.75 Å². The lowest BCUT2D eigenvalue weighted by atomic mass is 10.0. The maximum atomic E-state index is 12.5. The smallest absolute Gasteiger partial charge is 0.237 e. The lowest BCUT2D eigenvalue weighted by Gasteiger charge is -2.17. The number of nitrogens with zero attached hydrogens (tertiary/aromatic N) is 4. The maximum Gasteiger partial charge on any atom is 0.237 e. The number of nitrogens with one attached hydrogen (secondary N) is 1. The number of methoxy groups -OCH3 is 1. The van der Waals surface area contributed by atoms with E-state index in [4.69, 9.17) is 9.26 Å². The Labute approximate surface area is 196 Å². The number of carbonyl (C=O) groups excluding carboxylic acids is 1. The second-order valence-corrected chi connectivity index (χ2v) is 8.70. The zero-order chi connectivity index (χ0) is 23.4. The number of aromatic nitrogens is 4. The Morgan fingerprint density at radius 2 is 1.91 bits per heavy atom. The first-order chi connectivity index (χ1) is 16.0. The second-order valence-electron chi connectivity index (χ2n) is 7.75. The summed E-state index contributed by atoms with van der Waals surface area (Å²) in [5, 5.41) is 16.0. The third-order valence-electron chi connectivity index (χ3n) is 5.00. The predicted octanol–water partition coefficient (Wildman–Crippen LogP) is 5.09. The number of anilines is 1. The Balaban J connectivity index is 1.68. The van der Waals surface area contributed by atoms with E-state index in [1.54, 1.807) is 20.1 Å². The van der Waals surface area contributed by atoms with Crippen molar-refractivity contribution in [2.45, 2.75) is 31.8 Å². The zero-order valence-corrected chi connectivity index (χ0v) is 19.7. The third kappa shape index (κ3) is 5.09. The van der Waals surface area contributed by atoms with Crippen molar-refractivity contribution in [1.29, 1.82) is 0 Å². The molecule has 0 aliphatic heterocycles.